The molecule has 0 saturated heterocycles. The molecule has 2 rings (SSSR count). The molecule has 1 aromatic heterocycles. The fourth-order valence-corrected chi connectivity index (χ4v) is 2.64. The lowest BCUT2D eigenvalue weighted by atomic mass is 9.90. The summed E-state index contributed by atoms with van der Waals surface area (Å²) in [6, 6.07) is 4.23. The van der Waals surface area contributed by atoms with E-state index in [1.807, 2.05) is 0 Å². The number of aromatic hydroxyl groups is 1. The number of nitrogens with one attached hydrogen (secondary N) is 1. The zero-order chi connectivity index (χ0) is 19.3. The SMILES string of the molecule is O=C(NCc1c(F)cc(Cl)cc1F)[C@](F)(CCCO)c1cccnc1O. The van der Waals surface area contributed by atoms with E-state index in [-0.39, 0.29) is 18.1 Å². The first-order valence-corrected chi connectivity index (χ1v) is 8.03. The zero-order valence-corrected chi connectivity index (χ0v) is 14.2. The second-order valence-corrected chi connectivity index (χ2v) is 5.97. The normalized spacial score (nSPS) is 13.3. The van der Waals surface area contributed by atoms with E-state index in [2.05, 4.69) is 10.3 Å². The molecule has 0 unspecified atom stereocenters. The molecule has 9 heteroatoms. The number of halogens is 4. The highest BCUT2D eigenvalue weighted by molar-refractivity contribution is 6.30. The number of benzene rings is 1. The van der Waals surface area contributed by atoms with Gasteiger partial charge in [-0.05, 0) is 37.1 Å². The molecule has 1 heterocycles. The average molecular weight is 389 g/mol. The standard InChI is InChI=1S/C17H16ClF3N2O3/c18-10-7-13(19)11(14(20)8-10)9-23-16(26)17(21,4-2-6-24)12-3-1-5-22-15(12)25/h1,3,5,7-8,24H,2,4,6,9H2,(H,22,25)(H,23,26)/t17-/m0/s1. The minimum atomic E-state index is -2.74. The molecule has 3 N–H and O–H groups in total. The van der Waals surface area contributed by atoms with Crippen LogP contribution in [0.3, 0.4) is 0 Å². The van der Waals surface area contributed by atoms with Crippen LogP contribution < -0.4 is 5.32 Å². The summed E-state index contributed by atoms with van der Waals surface area (Å²) in [5.74, 6) is -3.88. The number of aliphatic hydroxyl groups is 1. The van der Waals surface area contributed by atoms with Crippen molar-refractivity contribution in [3.05, 3.63) is 58.2 Å². The van der Waals surface area contributed by atoms with Gasteiger partial charge >= 0.3 is 0 Å². The maximum Gasteiger partial charge on any atom is 0.262 e. The van der Waals surface area contributed by atoms with Gasteiger partial charge < -0.3 is 15.5 Å². The molecule has 0 bridgehead atoms. The second kappa shape index (κ2) is 8.37. The lowest BCUT2D eigenvalue weighted by molar-refractivity contribution is -0.134. The van der Waals surface area contributed by atoms with Crippen molar-refractivity contribution in [2.24, 2.45) is 0 Å². The van der Waals surface area contributed by atoms with Gasteiger partial charge in [-0.2, -0.15) is 0 Å². The van der Waals surface area contributed by atoms with E-state index < -0.39 is 53.2 Å². The zero-order valence-electron chi connectivity index (χ0n) is 13.5. The molecule has 0 aliphatic heterocycles. The van der Waals surface area contributed by atoms with Gasteiger partial charge in [0.05, 0.1) is 5.56 Å². The first kappa shape index (κ1) is 20.0. The monoisotopic (exact) mass is 388 g/mol. The number of pyridine rings is 1. The Morgan fingerprint density at radius 1 is 1.31 bits per heavy atom. The first-order chi connectivity index (χ1) is 12.3. The maximum absolute atomic E-state index is 15.4. The van der Waals surface area contributed by atoms with Crippen LogP contribution in [-0.2, 0) is 17.0 Å². The molecule has 1 amide bonds. The third-order valence-electron chi connectivity index (χ3n) is 3.78. The summed E-state index contributed by atoms with van der Waals surface area (Å²) in [7, 11) is 0. The summed E-state index contributed by atoms with van der Waals surface area (Å²) >= 11 is 5.53. The molecule has 26 heavy (non-hydrogen) atoms. The summed E-state index contributed by atoms with van der Waals surface area (Å²) in [6.45, 7) is -1.01. The van der Waals surface area contributed by atoms with E-state index in [0.717, 1.165) is 12.1 Å². The molecule has 0 radical (unpaired) electrons. The number of nitrogens with zero attached hydrogens (tertiary/aromatic N) is 1. The minimum absolute atomic E-state index is 0.0814. The molecular weight excluding hydrogens is 373 g/mol. The van der Waals surface area contributed by atoms with Gasteiger partial charge in [0.2, 0.25) is 11.5 Å². The first-order valence-electron chi connectivity index (χ1n) is 7.65. The average Bonchev–Trinajstić information content (AvgIpc) is 2.58. The Hall–Kier alpha value is -2.32. The number of hydrogen-bond acceptors (Lipinski definition) is 4. The highest BCUT2D eigenvalue weighted by Crippen LogP contribution is 2.36. The molecule has 1 atom stereocenters. The van der Waals surface area contributed by atoms with Gasteiger partial charge in [-0.3, -0.25) is 4.79 Å². The Bertz CT molecular complexity index is 784. The van der Waals surface area contributed by atoms with Crippen molar-refractivity contribution < 1.29 is 28.2 Å². The van der Waals surface area contributed by atoms with E-state index in [4.69, 9.17) is 16.7 Å². The van der Waals surface area contributed by atoms with Crippen LogP contribution in [0.25, 0.3) is 0 Å². The molecule has 0 fully saturated rings. The topological polar surface area (TPSA) is 82.5 Å². The van der Waals surface area contributed by atoms with Crippen molar-refractivity contribution in [2.45, 2.75) is 25.1 Å². The summed E-state index contributed by atoms with van der Waals surface area (Å²) < 4.78 is 43.0. The molecule has 0 saturated carbocycles. The van der Waals surface area contributed by atoms with Gasteiger partial charge in [0.15, 0.2) is 0 Å². The highest BCUT2D eigenvalue weighted by atomic mass is 35.5. The van der Waals surface area contributed by atoms with E-state index in [1.165, 1.54) is 18.3 Å². The number of carbonyl (C=O) groups excluding carboxylic acids is 1. The Morgan fingerprint density at radius 3 is 2.54 bits per heavy atom. The number of hydrogen-bond donors (Lipinski definition) is 3. The van der Waals surface area contributed by atoms with Gasteiger partial charge in [-0.1, -0.05) is 11.6 Å². The molecule has 2 aromatic rings. The molecule has 0 aliphatic carbocycles. The van der Waals surface area contributed by atoms with Gasteiger partial charge in [-0.15, -0.1) is 0 Å². The van der Waals surface area contributed by atoms with Crippen molar-refractivity contribution in [1.82, 2.24) is 10.3 Å². The summed E-state index contributed by atoms with van der Waals surface area (Å²) in [6.07, 6.45) is 0.670. The van der Waals surface area contributed by atoms with Crippen LogP contribution in [0, 0.1) is 11.6 Å². The predicted octanol–water partition coefficient (Wildman–Crippen LogP) is 2.97. The largest absolute Gasteiger partial charge is 0.493 e. The fraction of sp³-hybridized carbons (Fsp3) is 0.294. The molecule has 140 valence electrons. The van der Waals surface area contributed by atoms with Crippen LogP contribution in [0.1, 0.15) is 24.0 Å². The third kappa shape index (κ3) is 4.25. The third-order valence-corrected chi connectivity index (χ3v) is 4.00. The van der Waals surface area contributed by atoms with Gasteiger partial charge in [0.1, 0.15) is 11.6 Å². The van der Waals surface area contributed by atoms with Crippen LogP contribution in [-0.4, -0.2) is 27.7 Å². The van der Waals surface area contributed by atoms with Crippen molar-refractivity contribution in [2.75, 3.05) is 6.61 Å². The Labute approximate surface area is 152 Å². The smallest absolute Gasteiger partial charge is 0.262 e. The summed E-state index contributed by atoms with van der Waals surface area (Å²) in [5, 5.41) is 20.7. The number of alkyl halides is 1. The van der Waals surface area contributed by atoms with Crippen molar-refractivity contribution in [1.29, 1.82) is 0 Å². The van der Waals surface area contributed by atoms with Gasteiger partial charge in [0.25, 0.3) is 5.91 Å². The Balaban J connectivity index is 2.27. The molecular formula is C17H16ClF3N2O3. The van der Waals surface area contributed by atoms with Crippen molar-refractivity contribution in [3.63, 3.8) is 0 Å². The maximum atomic E-state index is 15.4. The molecule has 0 spiro atoms. The summed E-state index contributed by atoms with van der Waals surface area (Å²) in [4.78, 5) is 15.9. The Kier molecular flexibility index (Phi) is 6.44. The molecule has 1 aromatic carbocycles. The van der Waals surface area contributed by atoms with Crippen LogP contribution in [0.2, 0.25) is 5.02 Å². The van der Waals surface area contributed by atoms with E-state index in [0.29, 0.717) is 0 Å². The minimum Gasteiger partial charge on any atom is -0.493 e. The van der Waals surface area contributed by atoms with Gasteiger partial charge in [0, 0.05) is 29.9 Å². The van der Waals surface area contributed by atoms with Crippen LogP contribution in [0.15, 0.2) is 30.5 Å². The lowest BCUT2D eigenvalue weighted by Crippen LogP contribution is -2.41. The number of carbonyl (C=O) groups is 1. The molecule has 0 aliphatic rings. The quantitative estimate of drug-likeness (QED) is 0.681. The van der Waals surface area contributed by atoms with Crippen LogP contribution in [0.5, 0.6) is 5.88 Å². The predicted molar refractivity (Wildman–Crippen MR) is 88.2 cm³/mol. The van der Waals surface area contributed by atoms with Crippen LogP contribution in [0.4, 0.5) is 13.2 Å². The van der Waals surface area contributed by atoms with Crippen molar-refractivity contribution >= 4 is 17.5 Å². The van der Waals surface area contributed by atoms with E-state index in [9.17, 15) is 18.7 Å². The van der Waals surface area contributed by atoms with Crippen molar-refractivity contribution in [3.8, 4) is 5.88 Å². The number of rotatable bonds is 7. The van der Waals surface area contributed by atoms with E-state index >= 15 is 4.39 Å². The highest BCUT2D eigenvalue weighted by Gasteiger charge is 2.42. The molecule has 5 nitrogen and oxygen atoms in total. The van der Waals surface area contributed by atoms with Gasteiger partial charge in [-0.25, -0.2) is 18.2 Å². The lowest BCUT2D eigenvalue weighted by Gasteiger charge is -2.25. The number of amides is 1. The van der Waals surface area contributed by atoms with Crippen LogP contribution >= 0.6 is 11.6 Å². The number of aromatic nitrogens is 1. The second-order valence-electron chi connectivity index (χ2n) is 5.53. The fourth-order valence-electron chi connectivity index (χ4n) is 2.45. The van der Waals surface area contributed by atoms with E-state index in [1.54, 1.807) is 0 Å². The summed E-state index contributed by atoms with van der Waals surface area (Å²) in [5.41, 5.74) is -3.62. The number of aliphatic hydroxyl groups excluding tert-OH is 1. The Morgan fingerprint density at radius 2 is 1.96 bits per heavy atom.